The van der Waals surface area contributed by atoms with Crippen molar-refractivity contribution in [1.29, 1.82) is 0 Å². The second kappa shape index (κ2) is 5.42. The molecule has 8 heteroatoms. The van der Waals surface area contributed by atoms with Crippen molar-refractivity contribution in [1.82, 2.24) is 19.4 Å². The molecule has 0 amide bonds. The van der Waals surface area contributed by atoms with Crippen LogP contribution in [0.4, 0.5) is 0 Å². The van der Waals surface area contributed by atoms with Crippen LogP contribution < -0.4 is 5.56 Å². The minimum atomic E-state index is -0.0572. The molecule has 0 unspecified atom stereocenters. The number of halogens is 1. The summed E-state index contributed by atoms with van der Waals surface area (Å²) in [6.45, 7) is 0. The Labute approximate surface area is 138 Å². The van der Waals surface area contributed by atoms with E-state index in [2.05, 4.69) is 15.0 Å². The first kappa shape index (κ1) is 13.8. The van der Waals surface area contributed by atoms with Crippen molar-refractivity contribution in [3.05, 3.63) is 56.9 Å². The lowest BCUT2D eigenvalue weighted by Gasteiger charge is -1.99. The van der Waals surface area contributed by atoms with E-state index in [1.807, 2.05) is 23.6 Å². The molecule has 4 aromatic rings. The van der Waals surface area contributed by atoms with Gasteiger partial charge in [0.1, 0.15) is 0 Å². The van der Waals surface area contributed by atoms with Crippen LogP contribution in [-0.2, 0) is 5.75 Å². The first-order valence-corrected chi connectivity index (χ1v) is 8.67. The average Bonchev–Trinajstić information content (AvgIpc) is 3.10. The zero-order chi connectivity index (χ0) is 15.1. The SMILES string of the molecule is O=c1cc(CSc2nc3ccc(Cl)cc3[nH]2)nc2sccn12. The molecule has 0 bridgehead atoms. The number of thiazole rings is 1. The summed E-state index contributed by atoms with van der Waals surface area (Å²) in [6.07, 6.45) is 1.73. The van der Waals surface area contributed by atoms with Crippen molar-refractivity contribution in [2.45, 2.75) is 10.9 Å². The van der Waals surface area contributed by atoms with Crippen LogP contribution in [0.3, 0.4) is 0 Å². The van der Waals surface area contributed by atoms with Crippen molar-refractivity contribution in [2.24, 2.45) is 0 Å². The lowest BCUT2D eigenvalue weighted by molar-refractivity contribution is 1.03. The number of hydrogen-bond donors (Lipinski definition) is 1. The van der Waals surface area contributed by atoms with E-state index in [0.29, 0.717) is 15.7 Å². The lowest BCUT2D eigenvalue weighted by Crippen LogP contribution is -2.12. The van der Waals surface area contributed by atoms with Crippen molar-refractivity contribution in [2.75, 3.05) is 0 Å². The molecule has 0 saturated heterocycles. The zero-order valence-corrected chi connectivity index (χ0v) is 13.5. The van der Waals surface area contributed by atoms with E-state index in [9.17, 15) is 4.79 Å². The summed E-state index contributed by atoms with van der Waals surface area (Å²) in [5.41, 5.74) is 2.46. The van der Waals surface area contributed by atoms with Crippen LogP contribution in [0.2, 0.25) is 5.02 Å². The molecule has 0 aliphatic rings. The fourth-order valence-corrected chi connectivity index (χ4v) is 3.82. The van der Waals surface area contributed by atoms with E-state index in [1.165, 1.54) is 23.1 Å². The van der Waals surface area contributed by atoms with E-state index in [-0.39, 0.29) is 5.56 Å². The van der Waals surface area contributed by atoms with E-state index in [1.54, 1.807) is 16.7 Å². The van der Waals surface area contributed by atoms with Gasteiger partial charge in [0.05, 0.1) is 16.7 Å². The van der Waals surface area contributed by atoms with Gasteiger partial charge >= 0.3 is 0 Å². The minimum absolute atomic E-state index is 0.0572. The van der Waals surface area contributed by atoms with Gasteiger partial charge in [-0.2, -0.15) is 0 Å². The molecule has 5 nitrogen and oxygen atoms in total. The molecule has 4 rings (SSSR count). The largest absolute Gasteiger partial charge is 0.333 e. The normalized spacial score (nSPS) is 11.5. The van der Waals surface area contributed by atoms with Gasteiger partial charge in [0, 0.05) is 28.4 Å². The monoisotopic (exact) mass is 348 g/mol. The summed E-state index contributed by atoms with van der Waals surface area (Å²) in [4.78, 5) is 24.8. The van der Waals surface area contributed by atoms with Gasteiger partial charge in [-0.15, -0.1) is 11.3 Å². The molecular formula is C14H9ClN4OS2. The summed E-state index contributed by atoms with van der Waals surface area (Å²) in [5, 5.41) is 3.31. The van der Waals surface area contributed by atoms with Gasteiger partial charge < -0.3 is 4.98 Å². The molecule has 0 atom stereocenters. The van der Waals surface area contributed by atoms with Gasteiger partial charge in [-0.1, -0.05) is 23.4 Å². The van der Waals surface area contributed by atoms with Crippen LogP contribution in [0.15, 0.2) is 45.8 Å². The van der Waals surface area contributed by atoms with Gasteiger partial charge in [0.15, 0.2) is 10.1 Å². The smallest absolute Gasteiger partial charge is 0.258 e. The Hall–Kier alpha value is -1.83. The molecule has 0 aliphatic carbocycles. The van der Waals surface area contributed by atoms with Crippen molar-refractivity contribution >= 4 is 50.7 Å². The minimum Gasteiger partial charge on any atom is -0.333 e. The predicted octanol–water partition coefficient (Wildman–Crippen LogP) is 3.58. The third kappa shape index (κ3) is 2.51. The van der Waals surface area contributed by atoms with E-state index >= 15 is 0 Å². The van der Waals surface area contributed by atoms with E-state index in [0.717, 1.165) is 21.9 Å². The highest BCUT2D eigenvalue weighted by Gasteiger charge is 2.07. The van der Waals surface area contributed by atoms with Crippen LogP contribution in [0.25, 0.3) is 16.0 Å². The van der Waals surface area contributed by atoms with E-state index in [4.69, 9.17) is 11.6 Å². The number of benzene rings is 1. The number of aromatic nitrogens is 4. The quantitative estimate of drug-likeness (QED) is 0.575. The van der Waals surface area contributed by atoms with Crippen LogP contribution in [0, 0.1) is 0 Å². The van der Waals surface area contributed by atoms with E-state index < -0.39 is 0 Å². The Kier molecular flexibility index (Phi) is 3.40. The van der Waals surface area contributed by atoms with Crippen LogP contribution in [-0.4, -0.2) is 19.4 Å². The Morgan fingerprint density at radius 2 is 2.23 bits per heavy atom. The Morgan fingerprint density at radius 1 is 1.32 bits per heavy atom. The van der Waals surface area contributed by atoms with Gasteiger partial charge in [0.25, 0.3) is 5.56 Å². The number of thioether (sulfide) groups is 1. The molecule has 3 aromatic heterocycles. The zero-order valence-electron chi connectivity index (χ0n) is 11.1. The molecule has 1 N–H and O–H groups in total. The molecular weight excluding hydrogens is 340 g/mol. The summed E-state index contributed by atoms with van der Waals surface area (Å²) < 4.78 is 1.54. The molecule has 0 aliphatic heterocycles. The van der Waals surface area contributed by atoms with Crippen LogP contribution in [0.1, 0.15) is 5.69 Å². The Balaban J connectivity index is 1.60. The molecule has 0 radical (unpaired) electrons. The Bertz CT molecular complexity index is 1040. The average molecular weight is 349 g/mol. The molecule has 22 heavy (non-hydrogen) atoms. The second-order valence-corrected chi connectivity index (χ2v) is 6.91. The number of H-pyrrole nitrogens is 1. The van der Waals surface area contributed by atoms with Crippen LogP contribution in [0.5, 0.6) is 0 Å². The molecule has 0 fully saturated rings. The fraction of sp³-hybridized carbons (Fsp3) is 0.0714. The topological polar surface area (TPSA) is 63.0 Å². The Morgan fingerprint density at radius 3 is 3.14 bits per heavy atom. The molecule has 0 spiro atoms. The predicted molar refractivity (Wildman–Crippen MR) is 90.0 cm³/mol. The molecule has 0 saturated carbocycles. The third-order valence-corrected chi connectivity index (χ3v) is 5.03. The van der Waals surface area contributed by atoms with Crippen molar-refractivity contribution in [3.8, 4) is 0 Å². The summed E-state index contributed by atoms with van der Waals surface area (Å²) >= 11 is 8.92. The number of aromatic amines is 1. The first-order valence-electron chi connectivity index (χ1n) is 6.43. The highest BCUT2D eigenvalue weighted by Crippen LogP contribution is 2.24. The maximum atomic E-state index is 11.9. The van der Waals surface area contributed by atoms with Crippen LogP contribution >= 0.6 is 34.7 Å². The number of hydrogen-bond acceptors (Lipinski definition) is 5. The lowest BCUT2D eigenvalue weighted by atomic mass is 10.3. The summed E-state index contributed by atoms with van der Waals surface area (Å²) in [7, 11) is 0. The summed E-state index contributed by atoms with van der Waals surface area (Å²) in [6, 6.07) is 7.09. The second-order valence-electron chi connectivity index (χ2n) is 4.63. The summed E-state index contributed by atoms with van der Waals surface area (Å²) in [5.74, 6) is 0.581. The third-order valence-electron chi connectivity index (χ3n) is 3.14. The highest BCUT2D eigenvalue weighted by molar-refractivity contribution is 7.98. The van der Waals surface area contributed by atoms with Gasteiger partial charge in [-0.25, -0.2) is 9.97 Å². The number of nitrogens with one attached hydrogen (secondary N) is 1. The number of fused-ring (bicyclic) bond motifs is 2. The molecule has 1 aromatic carbocycles. The van der Waals surface area contributed by atoms with Crippen molar-refractivity contribution < 1.29 is 0 Å². The first-order chi connectivity index (χ1) is 10.7. The van der Waals surface area contributed by atoms with Gasteiger partial charge in [0.2, 0.25) is 0 Å². The van der Waals surface area contributed by atoms with Gasteiger partial charge in [-0.05, 0) is 18.2 Å². The standard InChI is InChI=1S/C14H9ClN4OS2/c15-8-1-2-10-11(5-8)18-13(17-10)22-7-9-6-12(20)19-3-4-21-14(19)16-9/h1-6H,7H2,(H,17,18). The number of nitrogens with zero attached hydrogens (tertiary/aromatic N) is 3. The van der Waals surface area contributed by atoms with Crippen molar-refractivity contribution in [3.63, 3.8) is 0 Å². The highest BCUT2D eigenvalue weighted by atomic mass is 35.5. The molecule has 110 valence electrons. The van der Waals surface area contributed by atoms with Gasteiger partial charge in [-0.3, -0.25) is 9.20 Å². The maximum Gasteiger partial charge on any atom is 0.258 e. The molecule has 3 heterocycles. The fourth-order valence-electron chi connectivity index (χ4n) is 2.13. The number of imidazole rings is 1. The number of rotatable bonds is 3. The maximum absolute atomic E-state index is 11.9.